The first-order chi connectivity index (χ1) is 10.6. The predicted octanol–water partition coefficient (Wildman–Crippen LogP) is 1.94. The maximum atomic E-state index is 12.2. The zero-order valence-electron chi connectivity index (χ0n) is 12.1. The van der Waals surface area contributed by atoms with Crippen LogP contribution in [0.25, 0.3) is 10.8 Å². The molecule has 0 aliphatic rings. The van der Waals surface area contributed by atoms with Crippen molar-refractivity contribution in [1.82, 2.24) is 9.78 Å². The Bertz CT molecular complexity index is 768. The molecule has 0 N–H and O–H groups in total. The highest BCUT2D eigenvalue weighted by atomic mass is 16.7. The van der Waals surface area contributed by atoms with E-state index in [1.807, 2.05) is 0 Å². The van der Waals surface area contributed by atoms with Crippen molar-refractivity contribution in [3.63, 3.8) is 0 Å². The van der Waals surface area contributed by atoms with Gasteiger partial charge in [-0.05, 0) is 26.0 Å². The van der Waals surface area contributed by atoms with Gasteiger partial charge in [0, 0.05) is 0 Å². The predicted molar refractivity (Wildman–Crippen MR) is 76.1 cm³/mol. The summed E-state index contributed by atoms with van der Waals surface area (Å²) in [6.45, 7) is 3.41. The molecule has 0 aliphatic carbocycles. The van der Waals surface area contributed by atoms with E-state index < -0.39 is 17.8 Å². The fourth-order valence-corrected chi connectivity index (χ4v) is 1.77. The lowest BCUT2D eigenvalue weighted by atomic mass is 10.2. The van der Waals surface area contributed by atoms with Crippen LogP contribution in [0.3, 0.4) is 0 Å². The van der Waals surface area contributed by atoms with Crippen LogP contribution in [0, 0.1) is 0 Å². The fourth-order valence-electron chi connectivity index (χ4n) is 1.77. The first kappa shape index (κ1) is 15.5. The molecular formula is C14H14N2O6. The molecule has 2 rings (SSSR count). The molecule has 0 bridgehead atoms. The zero-order chi connectivity index (χ0) is 16.1. The number of hydrogen-bond donors (Lipinski definition) is 0. The Balaban J connectivity index is 2.58. The molecule has 0 saturated carbocycles. The Hall–Kier alpha value is -2.90. The van der Waals surface area contributed by atoms with Gasteiger partial charge in [0.2, 0.25) is 0 Å². The van der Waals surface area contributed by atoms with Crippen molar-refractivity contribution < 1.29 is 23.8 Å². The summed E-state index contributed by atoms with van der Waals surface area (Å²) in [5.74, 6) is -0.207. The number of carbonyl (C=O) groups excluding carboxylic acids is 2. The number of fused-ring (bicyclic) bond motifs is 1. The molecule has 0 radical (unpaired) electrons. The van der Waals surface area contributed by atoms with Gasteiger partial charge in [-0.2, -0.15) is 0 Å². The first-order valence-electron chi connectivity index (χ1n) is 6.62. The van der Waals surface area contributed by atoms with Gasteiger partial charge in [0.1, 0.15) is 0 Å². The molecule has 22 heavy (non-hydrogen) atoms. The molecule has 1 heterocycles. The third kappa shape index (κ3) is 3.05. The average Bonchev–Trinajstić information content (AvgIpc) is 2.50. The summed E-state index contributed by atoms with van der Waals surface area (Å²) in [7, 11) is 0. The highest BCUT2D eigenvalue weighted by molar-refractivity contribution is 5.88. The Morgan fingerprint density at radius 3 is 2.36 bits per heavy atom. The van der Waals surface area contributed by atoms with E-state index in [1.54, 1.807) is 32.0 Å². The van der Waals surface area contributed by atoms with E-state index in [-0.39, 0.29) is 24.5 Å². The van der Waals surface area contributed by atoms with Crippen LogP contribution in [0.4, 0.5) is 9.59 Å². The van der Waals surface area contributed by atoms with E-state index in [0.29, 0.717) is 10.1 Å². The van der Waals surface area contributed by atoms with E-state index in [0.717, 1.165) is 0 Å². The molecule has 0 spiro atoms. The minimum Gasteiger partial charge on any atom is -0.448 e. The largest absolute Gasteiger partial charge is 0.515 e. The molecule has 0 unspecified atom stereocenters. The van der Waals surface area contributed by atoms with Crippen LogP contribution in [0.15, 0.2) is 29.1 Å². The Labute approximate surface area is 125 Å². The van der Waals surface area contributed by atoms with Gasteiger partial charge < -0.3 is 14.2 Å². The van der Waals surface area contributed by atoms with Gasteiger partial charge in [0.05, 0.1) is 24.0 Å². The van der Waals surface area contributed by atoms with Crippen molar-refractivity contribution in [2.75, 3.05) is 13.2 Å². The van der Waals surface area contributed by atoms with Crippen molar-refractivity contribution in [3.8, 4) is 5.88 Å². The second kappa shape index (κ2) is 6.70. The van der Waals surface area contributed by atoms with Gasteiger partial charge in [-0.1, -0.05) is 12.1 Å². The molecule has 2 aromatic rings. The van der Waals surface area contributed by atoms with Crippen LogP contribution in [-0.4, -0.2) is 35.2 Å². The number of nitrogens with zero attached hydrogens (tertiary/aromatic N) is 2. The lowest BCUT2D eigenvalue weighted by Gasteiger charge is -2.09. The van der Waals surface area contributed by atoms with Gasteiger partial charge in [0.25, 0.3) is 11.4 Å². The second-order valence-electron chi connectivity index (χ2n) is 4.05. The SMILES string of the molecule is CCOC(=O)Oc1nn(C(=O)OCC)c(=O)c2ccccc12. The highest BCUT2D eigenvalue weighted by Crippen LogP contribution is 2.20. The van der Waals surface area contributed by atoms with Crippen molar-refractivity contribution in [3.05, 3.63) is 34.6 Å². The van der Waals surface area contributed by atoms with Crippen LogP contribution >= 0.6 is 0 Å². The van der Waals surface area contributed by atoms with Gasteiger partial charge in [0.15, 0.2) is 0 Å². The third-order valence-corrected chi connectivity index (χ3v) is 2.65. The van der Waals surface area contributed by atoms with Gasteiger partial charge in [-0.3, -0.25) is 4.79 Å². The summed E-state index contributed by atoms with van der Waals surface area (Å²) in [4.78, 5) is 35.5. The quantitative estimate of drug-likeness (QED) is 0.799. The summed E-state index contributed by atoms with van der Waals surface area (Å²) in [6.07, 6.45) is -1.93. The number of benzene rings is 1. The van der Waals surface area contributed by atoms with Crippen LogP contribution in [0.5, 0.6) is 5.88 Å². The topological polar surface area (TPSA) is 96.7 Å². The average molecular weight is 306 g/mol. The first-order valence-corrected chi connectivity index (χ1v) is 6.62. The highest BCUT2D eigenvalue weighted by Gasteiger charge is 2.19. The fraction of sp³-hybridized carbons (Fsp3) is 0.286. The van der Waals surface area contributed by atoms with E-state index >= 15 is 0 Å². The zero-order valence-corrected chi connectivity index (χ0v) is 12.1. The van der Waals surface area contributed by atoms with E-state index in [4.69, 9.17) is 9.47 Å². The number of carbonyl (C=O) groups is 2. The van der Waals surface area contributed by atoms with Gasteiger partial charge >= 0.3 is 12.2 Å². The summed E-state index contributed by atoms with van der Waals surface area (Å²) in [5.41, 5.74) is -0.662. The second-order valence-corrected chi connectivity index (χ2v) is 4.05. The molecule has 8 heteroatoms. The number of rotatable bonds is 3. The van der Waals surface area contributed by atoms with Crippen molar-refractivity contribution in [2.24, 2.45) is 0 Å². The summed E-state index contributed by atoms with van der Waals surface area (Å²) >= 11 is 0. The molecular weight excluding hydrogens is 292 g/mol. The standard InChI is InChI=1S/C14H14N2O6/c1-3-20-13(18)16-12(17)10-8-6-5-7-9(10)11(15-16)22-14(19)21-4-2/h5-8H,3-4H2,1-2H3. The Kier molecular flexibility index (Phi) is 4.72. The molecule has 1 aromatic heterocycles. The molecule has 8 nitrogen and oxygen atoms in total. The van der Waals surface area contributed by atoms with Crippen LogP contribution < -0.4 is 10.3 Å². The summed E-state index contributed by atoms with van der Waals surface area (Å²) < 4.78 is 14.9. The molecule has 0 amide bonds. The third-order valence-electron chi connectivity index (χ3n) is 2.65. The van der Waals surface area contributed by atoms with E-state index in [9.17, 15) is 14.4 Å². The van der Waals surface area contributed by atoms with Crippen LogP contribution in [0.2, 0.25) is 0 Å². The maximum absolute atomic E-state index is 12.2. The van der Waals surface area contributed by atoms with Crippen LogP contribution in [-0.2, 0) is 9.47 Å². The maximum Gasteiger partial charge on any atom is 0.515 e. The lowest BCUT2D eigenvalue weighted by Crippen LogP contribution is -2.31. The van der Waals surface area contributed by atoms with Gasteiger partial charge in [-0.15, -0.1) is 9.78 Å². The van der Waals surface area contributed by atoms with Gasteiger partial charge in [-0.25, -0.2) is 9.59 Å². The van der Waals surface area contributed by atoms with Crippen molar-refractivity contribution in [2.45, 2.75) is 13.8 Å². The molecule has 1 aromatic carbocycles. The number of hydrogen-bond acceptors (Lipinski definition) is 7. The number of aromatic nitrogens is 2. The molecule has 116 valence electrons. The smallest absolute Gasteiger partial charge is 0.448 e. The summed E-state index contributed by atoms with van der Waals surface area (Å²) in [5, 5.41) is 4.21. The van der Waals surface area contributed by atoms with Crippen LogP contribution in [0.1, 0.15) is 13.8 Å². The minimum atomic E-state index is -0.978. The van der Waals surface area contributed by atoms with E-state index in [1.165, 1.54) is 6.07 Å². The molecule has 0 saturated heterocycles. The lowest BCUT2D eigenvalue weighted by molar-refractivity contribution is 0.102. The molecule has 0 fully saturated rings. The monoisotopic (exact) mass is 306 g/mol. The Morgan fingerprint density at radius 1 is 1.09 bits per heavy atom. The van der Waals surface area contributed by atoms with E-state index in [2.05, 4.69) is 9.84 Å². The molecule has 0 aliphatic heterocycles. The summed E-state index contributed by atoms with van der Waals surface area (Å²) in [6, 6.07) is 6.31. The molecule has 0 atom stereocenters. The minimum absolute atomic E-state index is 0.0772. The normalized spacial score (nSPS) is 10.3. The Morgan fingerprint density at radius 2 is 1.73 bits per heavy atom. The number of ether oxygens (including phenoxy) is 3. The van der Waals surface area contributed by atoms with Crippen molar-refractivity contribution >= 4 is 23.0 Å². The van der Waals surface area contributed by atoms with Crippen molar-refractivity contribution in [1.29, 1.82) is 0 Å².